The number of piperidine rings is 1. The van der Waals surface area contributed by atoms with Gasteiger partial charge in [0.05, 0.1) is 19.1 Å². The average Bonchev–Trinajstić information content (AvgIpc) is 2.82. The highest BCUT2D eigenvalue weighted by molar-refractivity contribution is 7.89. The molecule has 1 fully saturated rings. The molecule has 172 valence electrons. The molecule has 2 aromatic carbocycles. The van der Waals surface area contributed by atoms with Crippen LogP contribution in [-0.2, 0) is 21.4 Å². The predicted octanol–water partition coefficient (Wildman–Crippen LogP) is 2.62. The highest BCUT2D eigenvalue weighted by Crippen LogP contribution is 2.25. The number of hydrogen-bond acceptors (Lipinski definition) is 6. The van der Waals surface area contributed by atoms with Gasteiger partial charge in [0, 0.05) is 37.2 Å². The summed E-state index contributed by atoms with van der Waals surface area (Å²) in [6.45, 7) is 2.29. The Kier molecular flexibility index (Phi) is 7.52. The molecule has 0 bridgehead atoms. The lowest BCUT2D eigenvalue weighted by Crippen LogP contribution is -2.42. The van der Waals surface area contributed by atoms with E-state index >= 15 is 0 Å². The molecule has 2 aromatic rings. The third-order valence-corrected chi connectivity index (χ3v) is 7.51. The van der Waals surface area contributed by atoms with E-state index in [-0.39, 0.29) is 35.6 Å². The summed E-state index contributed by atoms with van der Waals surface area (Å²) in [5.41, 5.74) is 1.32. The van der Waals surface area contributed by atoms with Crippen LogP contribution in [0.4, 0.5) is 0 Å². The number of hydrogen-bond donors (Lipinski definition) is 1. The van der Waals surface area contributed by atoms with E-state index in [0.29, 0.717) is 36.4 Å². The zero-order valence-corrected chi connectivity index (χ0v) is 19.3. The molecule has 1 saturated heterocycles. The van der Waals surface area contributed by atoms with Crippen molar-refractivity contribution in [3.63, 3.8) is 0 Å². The Morgan fingerprint density at radius 2 is 1.56 bits per heavy atom. The number of ketones is 1. The largest absolute Gasteiger partial charge is 0.497 e. The maximum absolute atomic E-state index is 12.9. The molecule has 1 amide bonds. The topological polar surface area (TPSA) is 102 Å². The number of carbonyl (C=O) groups is 2. The van der Waals surface area contributed by atoms with Crippen molar-refractivity contribution < 1.29 is 27.5 Å². The van der Waals surface area contributed by atoms with Crippen molar-refractivity contribution in [2.75, 3.05) is 27.3 Å². The Labute approximate surface area is 188 Å². The van der Waals surface area contributed by atoms with E-state index in [4.69, 9.17) is 9.47 Å². The van der Waals surface area contributed by atoms with Crippen LogP contribution in [0.25, 0.3) is 0 Å². The van der Waals surface area contributed by atoms with Gasteiger partial charge in [-0.05, 0) is 49.6 Å². The lowest BCUT2D eigenvalue weighted by Gasteiger charge is -2.30. The number of methoxy groups -OCH3 is 2. The lowest BCUT2D eigenvalue weighted by atomic mass is 9.97. The molecule has 3 rings (SSSR count). The van der Waals surface area contributed by atoms with Crippen LogP contribution >= 0.6 is 0 Å². The number of benzene rings is 2. The zero-order valence-electron chi connectivity index (χ0n) is 18.5. The van der Waals surface area contributed by atoms with Crippen molar-refractivity contribution in [1.29, 1.82) is 0 Å². The lowest BCUT2D eigenvalue weighted by molar-refractivity contribution is -0.126. The average molecular weight is 461 g/mol. The molecule has 0 unspecified atom stereocenters. The van der Waals surface area contributed by atoms with Crippen LogP contribution < -0.4 is 14.8 Å². The molecule has 0 atom stereocenters. The summed E-state index contributed by atoms with van der Waals surface area (Å²) in [4.78, 5) is 24.2. The van der Waals surface area contributed by atoms with Crippen LogP contribution in [0.3, 0.4) is 0 Å². The fourth-order valence-electron chi connectivity index (χ4n) is 3.67. The van der Waals surface area contributed by atoms with E-state index in [0.717, 1.165) is 5.56 Å². The molecular formula is C23H28N2O6S. The molecule has 0 radical (unpaired) electrons. The van der Waals surface area contributed by atoms with E-state index in [1.807, 2.05) is 12.1 Å². The second kappa shape index (κ2) is 10.1. The molecule has 9 heteroatoms. The van der Waals surface area contributed by atoms with Gasteiger partial charge in [-0.15, -0.1) is 0 Å². The molecule has 1 heterocycles. The number of nitrogens with one attached hydrogen (secondary N) is 1. The van der Waals surface area contributed by atoms with Gasteiger partial charge >= 0.3 is 0 Å². The van der Waals surface area contributed by atoms with Gasteiger partial charge in [-0.1, -0.05) is 12.1 Å². The summed E-state index contributed by atoms with van der Waals surface area (Å²) in [6.07, 6.45) is 0.885. The van der Waals surface area contributed by atoms with E-state index in [1.165, 1.54) is 35.5 Å². The third kappa shape index (κ3) is 5.46. The summed E-state index contributed by atoms with van der Waals surface area (Å²) >= 11 is 0. The SMILES string of the molecule is COc1cc(CNC(=O)C2CCN(S(=O)(=O)c3ccc(C(C)=O)cc3)CC2)cc(OC)c1. The van der Waals surface area contributed by atoms with Gasteiger partial charge in [-0.2, -0.15) is 4.31 Å². The molecule has 1 aliphatic heterocycles. The minimum Gasteiger partial charge on any atom is -0.497 e. The van der Waals surface area contributed by atoms with E-state index in [1.54, 1.807) is 20.3 Å². The standard InChI is InChI=1S/C23H28N2O6S/c1-16(26)18-4-6-22(7-5-18)32(28,29)25-10-8-19(9-11-25)23(27)24-15-17-12-20(30-2)14-21(13-17)31-3/h4-7,12-14,19H,8-11,15H2,1-3H3,(H,24,27). The van der Waals surface area contributed by atoms with Gasteiger partial charge < -0.3 is 14.8 Å². The zero-order chi connectivity index (χ0) is 23.3. The summed E-state index contributed by atoms with van der Waals surface area (Å²) in [6, 6.07) is 11.4. The monoisotopic (exact) mass is 460 g/mol. The molecule has 0 aliphatic carbocycles. The number of nitrogens with zero attached hydrogens (tertiary/aromatic N) is 1. The Balaban J connectivity index is 1.57. The summed E-state index contributed by atoms with van der Waals surface area (Å²) < 4.78 is 37.7. The van der Waals surface area contributed by atoms with E-state index < -0.39 is 10.0 Å². The number of carbonyl (C=O) groups excluding carboxylic acids is 2. The van der Waals surface area contributed by atoms with Crippen molar-refractivity contribution in [3.05, 3.63) is 53.6 Å². The van der Waals surface area contributed by atoms with Gasteiger partial charge in [0.1, 0.15) is 11.5 Å². The van der Waals surface area contributed by atoms with Crippen LogP contribution in [0.5, 0.6) is 11.5 Å². The molecule has 0 saturated carbocycles. The number of ether oxygens (including phenoxy) is 2. The van der Waals surface area contributed by atoms with Crippen molar-refractivity contribution in [3.8, 4) is 11.5 Å². The number of Topliss-reactive ketones (excluding diaryl/α,β-unsaturated/α-hetero) is 1. The van der Waals surface area contributed by atoms with Crippen molar-refractivity contribution in [2.24, 2.45) is 5.92 Å². The molecule has 1 aliphatic rings. The predicted molar refractivity (Wildman–Crippen MR) is 119 cm³/mol. The van der Waals surface area contributed by atoms with Crippen LogP contribution in [0.2, 0.25) is 0 Å². The Hall–Kier alpha value is -2.91. The van der Waals surface area contributed by atoms with E-state index in [9.17, 15) is 18.0 Å². The van der Waals surface area contributed by atoms with Crippen molar-refractivity contribution >= 4 is 21.7 Å². The van der Waals surface area contributed by atoms with Gasteiger partial charge in [-0.25, -0.2) is 8.42 Å². The maximum Gasteiger partial charge on any atom is 0.243 e. The Morgan fingerprint density at radius 1 is 1.00 bits per heavy atom. The smallest absolute Gasteiger partial charge is 0.243 e. The maximum atomic E-state index is 12.9. The summed E-state index contributed by atoms with van der Waals surface area (Å²) in [7, 11) is -0.530. The second-order valence-corrected chi connectivity index (χ2v) is 9.64. The number of sulfonamides is 1. The molecular weight excluding hydrogens is 432 g/mol. The Morgan fingerprint density at radius 3 is 2.06 bits per heavy atom. The van der Waals surface area contributed by atoms with Gasteiger partial charge in [0.15, 0.2) is 5.78 Å². The normalized spacial score (nSPS) is 15.2. The van der Waals surface area contributed by atoms with Gasteiger partial charge in [-0.3, -0.25) is 9.59 Å². The fourth-order valence-corrected chi connectivity index (χ4v) is 5.14. The van der Waals surface area contributed by atoms with Crippen molar-refractivity contribution in [1.82, 2.24) is 9.62 Å². The van der Waals surface area contributed by atoms with Crippen LogP contribution in [-0.4, -0.2) is 51.7 Å². The first-order valence-electron chi connectivity index (χ1n) is 10.4. The molecule has 0 aromatic heterocycles. The fraction of sp³-hybridized carbons (Fsp3) is 0.391. The van der Waals surface area contributed by atoms with Crippen LogP contribution in [0.1, 0.15) is 35.7 Å². The first-order valence-corrected chi connectivity index (χ1v) is 11.8. The molecule has 0 spiro atoms. The first-order chi connectivity index (χ1) is 15.2. The highest BCUT2D eigenvalue weighted by atomic mass is 32.2. The number of rotatable bonds is 8. The van der Waals surface area contributed by atoms with E-state index in [2.05, 4.69) is 5.32 Å². The summed E-state index contributed by atoms with van der Waals surface area (Å²) in [5, 5.41) is 2.92. The minimum absolute atomic E-state index is 0.102. The molecule has 8 nitrogen and oxygen atoms in total. The quantitative estimate of drug-likeness (QED) is 0.608. The van der Waals surface area contributed by atoms with Crippen LogP contribution in [0.15, 0.2) is 47.4 Å². The van der Waals surface area contributed by atoms with Crippen LogP contribution in [0, 0.1) is 5.92 Å². The van der Waals surface area contributed by atoms with Gasteiger partial charge in [0.25, 0.3) is 0 Å². The Bertz CT molecular complexity index is 1050. The number of amides is 1. The van der Waals surface area contributed by atoms with Crippen molar-refractivity contribution in [2.45, 2.75) is 31.2 Å². The van der Waals surface area contributed by atoms with Gasteiger partial charge in [0.2, 0.25) is 15.9 Å². The minimum atomic E-state index is -3.66. The molecule has 1 N–H and O–H groups in total. The first kappa shape index (κ1) is 23.7. The summed E-state index contributed by atoms with van der Waals surface area (Å²) in [5.74, 6) is 0.809. The molecule has 32 heavy (non-hydrogen) atoms. The highest BCUT2D eigenvalue weighted by Gasteiger charge is 2.32. The second-order valence-electron chi connectivity index (χ2n) is 7.70. The third-order valence-electron chi connectivity index (χ3n) is 5.60.